The number of hydrogen-bond acceptors (Lipinski definition) is 4. The van der Waals surface area contributed by atoms with Crippen LogP contribution in [-0.4, -0.2) is 12.9 Å². The van der Waals surface area contributed by atoms with Gasteiger partial charge in [-0.3, -0.25) is 0 Å². The van der Waals surface area contributed by atoms with Gasteiger partial charge < -0.3 is 18.9 Å². The van der Waals surface area contributed by atoms with Gasteiger partial charge in [0.05, 0.1) is 0 Å². The van der Waals surface area contributed by atoms with Gasteiger partial charge >= 0.3 is 0 Å². The van der Waals surface area contributed by atoms with Crippen LogP contribution in [0.1, 0.15) is 12.8 Å². The lowest BCUT2D eigenvalue weighted by Gasteiger charge is -2.11. The summed E-state index contributed by atoms with van der Waals surface area (Å²) < 4.78 is 22.6. The summed E-state index contributed by atoms with van der Waals surface area (Å²) >= 11 is 0. The summed E-state index contributed by atoms with van der Waals surface area (Å²) in [6, 6.07) is 17.2. The predicted octanol–water partition coefficient (Wildman–Crippen LogP) is 4.48. The van der Waals surface area contributed by atoms with E-state index in [1.165, 1.54) is 12.8 Å². The van der Waals surface area contributed by atoms with E-state index in [-0.39, 0.29) is 6.29 Å². The van der Waals surface area contributed by atoms with E-state index in [9.17, 15) is 0 Å². The first-order valence-corrected chi connectivity index (χ1v) is 7.84. The molecule has 2 aromatic carbocycles. The second kappa shape index (κ2) is 6.24. The lowest BCUT2D eigenvalue weighted by Crippen LogP contribution is -2.12. The maximum Gasteiger partial charge on any atom is 0.243 e. The van der Waals surface area contributed by atoms with E-state index in [1.54, 1.807) is 6.26 Å². The van der Waals surface area contributed by atoms with Crippen molar-refractivity contribution in [2.24, 2.45) is 5.92 Å². The van der Waals surface area contributed by atoms with Crippen LogP contribution in [0, 0.1) is 5.92 Å². The fraction of sp³-hybridized carbons (Fsp3) is 0.263. The van der Waals surface area contributed by atoms with Crippen LogP contribution in [0.5, 0.6) is 17.2 Å². The average molecular weight is 310 g/mol. The first kappa shape index (κ1) is 14.0. The molecule has 2 aliphatic rings. The van der Waals surface area contributed by atoms with Crippen molar-refractivity contribution in [1.29, 1.82) is 0 Å². The second-order valence-electron chi connectivity index (χ2n) is 5.72. The van der Waals surface area contributed by atoms with E-state index in [0.29, 0.717) is 12.5 Å². The van der Waals surface area contributed by atoms with Crippen LogP contribution in [0.15, 0.2) is 66.6 Å². The molecule has 4 nitrogen and oxygen atoms in total. The van der Waals surface area contributed by atoms with Crippen molar-refractivity contribution in [1.82, 2.24) is 0 Å². The molecule has 4 rings (SSSR count). The quantitative estimate of drug-likeness (QED) is 0.788. The third-order valence-electron chi connectivity index (χ3n) is 3.79. The first-order valence-electron chi connectivity index (χ1n) is 7.84. The topological polar surface area (TPSA) is 36.9 Å². The Hall–Kier alpha value is -2.62. The minimum absolute atomic E-state index is 0.102. The van der Waals surface area contributed by atoms with Crippen LogP contribution in [0.3, 0.4) is 0 Å². The third-order valence-corrected chi connectivity index (χ3v) is 3.79. The van der Waals surface area contributed by atoms with Gasteiger partial charge in [-0.05, 0) is 49.2 Å². The van der Waals surface area contributed by atoms with E-state index >= 15 is 0 Å². The highest BCUT2D eigenvalue weighted by Gasteiger charge is 2.37. The Bertz CT molecular complexity index is 674. The van der Waals surface area contributed by atoms with E-state index < -0.39 is 0 Å². The maximum atomic E-state index is 5.75. The van der Waals surface area contributed by atoms with Gasteiger partial charge in [-0.1, -0.05) is 18.2 Å². The fourth-order valence-electron chi connectivity index (χ4n) is 2.37. The summed E-state index contributed by atoms with van der Waals surface area (Å²) in [6.07, 6.45) is 3.94. The summed E-state index contributed by atoms with van der Waals surface area (Å²) in [5, 5.41) is 0. The zero-order chi connectivity index (χ0) is 15.5. The molecule has 0 amide bonds. The van der Waals surface area contributed by atoms with Crippen molar-refractivity contribution >= 4 is 0 Å². The van der Waals surface area contributed by atoms with Gasteiger partial charge in [0, 0.05) is 5.92 Å². The summed E-state index contributed by atoms with van der Waals surface area (Å²) in [7, 11) is 0. The van der Waals surface area contributed by atoms with Crippen LogP contribution >= 0.6 is 0 Å². The number of benzene rings is 2. The third kappa shape index (κ3) is 3.59. The van der Waals surface area contributed by atoms with Gasteiger partial charge in [0.15, 0.2) is 5.76 Å². The Morgan fingerprint density at radius 2 is 1.57 bits per heavy atom. The molecule has 2 aromatic rings. The largest absolute Gasteiger partial charge is 0.486 e. The van der Waals surface area contributed by atoms with Gasteiger partial charge in [-0.2, -0.15) is 0 Å². The van der Waals surface area contributed by atoms with Crippen LogP contribution in [0.4, 0.5) is 0 Å². The lowest BCUT2D eigenvalue weighted by atomic mass is 10.3. The molecule has 0 saturated heterocycles. The van der Waals surface area contributed by atoms with Crippen molar-refractivity contribution in [3.8, 4) is 17.2 Å². The van der Waals surface area contributed by atoms with Gasteiger partial charge in [-0.25, -0.2) is 0 Å². The highest BCUT2D eigenvalue weighted by atomic mass is 16.7. The van der Waals surface area contributed by atoms with Crippen molar-refractivity contribution in [2.75, 3.05) is 6.61 Å². The zero-order valence-electron chi connectivity index (χ0n) is 12.7. The zero-order valence-corrected chi connectivity index (χ0v) is 12.7. The van der Waals surface area contributed by atoms with Crippen molar-refractivity contribution in [2.45, 2.75) is 19.1 Å². The summed E-state index contributed by atoms with van der Waals surface area (Å²) in [5.74, 6) is 3.65. The molecule has 23 heavy (non-hydrogen) atoms. The van der Waals surface area contributed by atoms with Crippen LogP contribution < -0.4 is 9.47 Å². The van der Waals surface area contributed by atoms with Crippen LogP contribution in [0.25, 0.3) is 0 Å². The normalized spacial score (nSPS) is 19.5. The van der Waals surface area contributed by atoms with Crippen molar-refractivity contribution < 1.29 is 18.9 Å². The van der Waals surface area contributed by atoms with Crippen LogP contribution in [-0.2, 0) is 9.47 Å². The molecule has 1 atom stereocenters. The van der Waals surface area contributed by atoms with Gasteiger partial charge in [0.25, 0.3) is 0 Å². The molecule has 0 N–H and O–H groups in total. The molecule has 1 saturated carbocycles. The molecule has 0 radical (unpaired) electrons. The van der Waals surface area contributed by atoms with Crippen molar-refractivity contribution in [3.63, 3.8) is 0 Å². The Labute approximate surface area is 135 Å². The Kier molecular flexibility index (Phi) is 3.80. The minimum Gasteiger partial charge on any atom is -0.486 e. The van der Waals surface area contributed by atoms with Gasteiger partial charge in [0.1, 0.15) is 30.1 Å². The molecule has 1 fully saturated rings. The molecule has 4 heteroatoms. The Morgan fingerprint density at radius 3 is 2.30 bits per heavy atom. The molecule has 1 unspecified atom stereocenters. The van der Waals surface area contributed by atoms with Gasteiger partial charge in [0.2, 0.25) is 6.29 Å². The highest BCUT2D eigenvalue weighted by Crippen LogP contribution is 2.38. The molecule has 0 aromatic heterocycles. The number of para-hydroxylation sites is 1. The second-order valence-corrected chi connectivity index (χ2v) is 5.72. The van der Waals surface area contributed by atoms with E-state index in [0.717, 1.165) is 23.0 Å². The summed E-state index contributed by atoms with van der Waals surface area (Å²) in [6.45, 7) is 0.377. The highest BCUT2D eigenvalue weighted by molar-refractivity contribution is 5.35. The monoisotopic (exact) mass is 310 g/mol. The first-order chi connectivity index (χ1) is 11.4. The number of ether oxygens (including phenoxy) is 4. The molecule has 0 bridgehead atoms. The molecule has 118 valence electrons. The molecule has 0 spiro atoms. The molecular formula is C19H18O4. The SMILES string of the molecule is C1=C(COc2ccc(Oc3ccccc3)cc2)OC(C2CC2)O1. The minimum atomic E-state index is -0.102. The standard InChI is InChI=1S/C19H18O4/c1-2-4-16(5-3-1)22-17-10-8-15(9-11-17)20-12-18-13-21-19(23-18)14-6-7-14/h1-5,8-11,13-14,19H,6-7,12H2. The van der Waals surface area contributed by atoms with Crippen LogP contribution in [0.2, 0.25) is 0 Å². The predicted molar refractivity (Wildman–Crippen MR) is 85.2 cm³/mol. The molecule has 1 heterocycles. The number of rotatable bonds is 6. The molecular weight excluding hydrogens is 292 g/mol. The fourth-order valence-corrected chi connectivity index (χ4v) is 2.37. The Balaban J connectivity index is 1.28. The van der Waals surface area contributed by atoms with E-state index in [4.69, 9.17) is 18.9 Å². The van der Waals surface area contributed by atoms with Crippen molar-refractivity contribution in [3.05, 3.63) is 66.6 Å². The van der Waals surface area contributed by atoms with E-state index in [2.05, 4.69) is 0 Å². The molecule has 1 aliphatic heterocycles. The summed E-state index contributed by atoms with van der Waals surface area (Å²) in [5.41, 5.74) is 0. The number of hydrogen-bond donors (Lipinski definition) is 0. The maximum absolute atomic E-state index is 5.75. The smallest absolute Gasteiger partial charge is 0.243 e. The molecule has 1 aliphatic carbocycles. The summed E-state index contributed by atoms with van der Waals surface area (Å²) in [4.78, 5) is 0. The van der Waals surface area contributed by atoms with E-state index in [1.807, 2.05) is 54.6 Å². The average Bonchev–Trinajstić information content (AvgIpc) is 3.34. The Morgan fingerprint density at radius 1 is 0.870 bits per heavy atom. The van der Waals surface area contributed by atoms with Gasteiger partial charge in [-0.15, -0.1) is 0 Å². The lowest BCUT2D eigenvalue weighted by molar-refractivity contribution is -0.0515.